The second-order valence-electron chi connectivity index (χ2n) is 6.51. The zero-order chi connectivity index (χ0) is 13.3. The quantitative estimate of drug-likeness (QED) is 0.753. The van der Waals surface area contributed by atoms with Crippen LogP contribution in [0.25, 0.3) is 0 Å². The average molecular weight is 245 g/mol. The highest BCUT2D eigenvalue weighted by atomic mass is 15.2. The fraction of sp³-hybridized carbons (Fsp3) is 0.647. The van der Waals surface area contributed by atoms with Crippen molar-refractivity contribution in [1.82, 2.24) is 4.90 Å². The summed E-state index contributed by atoms with van der Waals surface area (Å²) in [6.07, 6.45) is 2.71. The van der Waals surface area contributed by atoms with E-state index in [0.29, 0.717) is 17.5 Å². The van der Waals surface area contributed by atoms with Gasteiger partial charge in [-0.25, -0.2) is 0 Å². The summed E-state index contributed by atoms with van der Waals surface area (Å²) in [6.45, 7) is 12.6. The minimum atomic E-state index is 0.447. The van der Waals surface area contributed by atoms with Crippen molar-refractivity contribution in [2.45, 2.75) is 65.0 Å². The standard InChI is InChI=1S/C17H27N/c1-13(2)18(14(3)4)12-17(10-11-17)16-8-6-15(5)7-9-16/h6-9,13-14H,10-12H2,1-5H3. The number of rotatable bonds is 5. The smallest absolute Gasteiger partial charge is 0.00840 e. The molecule has 1 fully saturated rings. The van der Waals surface area contributed by atoms with Crippen LogP contribution in [0.15, 0.2) is 24.3 Å². The summed E-state index contributed by atoms with van der Waals surface area (Å²) in [6, 6.07) is 10.4. The van der Waals surface area contributed by atoms with E-state index >= 15 is 0 Å². The predicted molar refractivity (Wildman–Crippen MR) is 79.1 cm³/mol. The van der Waals surface area contributed by atoms with Crippen molar-refractivity contribution < 1.29 is 0 Å². The Morgan fingerprint density at radius 1 is 1.00 bits per heavy atom. The summed E-state index contributed by atoms with van der Waals surface area (Å²) >= 11 is 0. The Morgan fingerprint density at radius 3 is 1.89 bits per heavy atom. The maximum absolute atomic E-state index is 2.63. The van der Waals surface area contributed by atoms with Gasteiger partial charge in [0.2, 0.25) is 0 Å². The van der Waals surface area contributed by atoms with Crippen molar-refractivity contribution in [2.24, 2.45) is 0 Å². The normalized spacial score (nSPS) is 17.8. The molecule has 0 radical (unpaired) electrons. The van der Waals surface area contributed by atoms with E-state index in [-0.39, 0.29) is 0 Å². The summed E-state index contributed by atoms with van der Waals surface area (Å²) < 4.78 is 0. The van der Waals surface area contributed by atoms with E-state index in [0.717, 1.165) is 0 Å². The highest BCUT2D eigenvalue weighted by molar-refractivity contribution is 5.34. The van der Waals surface area contributed by atoms with Crippen LogP contribution in [0.4, 0.5) is 0 Å². The highest BCUT2D eigenvalue weighted by Crippen LogP contribution is 2.49. The Morgan fingerprint density at radius 2 is 1.50 bits per heavy atom. The van der Waals surface area contributed by atoms with Crippen LogP contribution in [0.1, 0.15) is 51.7 Å². The molecule has 0 N–H and O–H groups in total. The van der Waals surface area contributed by atoms with Crippen LogP contribution in [-0.4, -0.2) is 23.5 Å². The van der Waals surface area contributed by atoms with Crippen LogP contribution >= 0.6 is 0 Å². The summed E-state index contributed by atoms with van der Waals surface area (Å²) in [5.41, 5.74) is 3.35. The van der Waals surface area contributed by atoms with Gasteiger partial charge in [-0.3, -0.25) is 4.90 Å². The Kier molecular flexibility index (Phi) is 3.82. The molecule has 1 aliphatic carbocycles. The molecule has 0 atom stereocenters. The summed E-state index contributed by atoms with van der Waals surface area (Å²) in [7, 11) is 0. The Balaban J connectivity index is 2.14. The molecule has 18 heavy (non-hydrogen) atoms. The van der Waals surface area contributed by atoms with Gasteiger partial charge in [0, 0.05) is 24.0 Å². The molecule has 1 aromatic carbocycles. The van der Waals surface area contributed by atoms with E-state index in [1.54, 1.807) is 5.56 Å². The van der Waals surface area contributed by atoms with Crippen molar-refractivity contribution in [1.29, 1.82) is 0 Å². The summed E-state index contributed by atoms with van der Waals surface area (Å²) in [5.74, 6) is 0. The molecule has 100 valence electrons. The monoisotopic (exact) mass is 245 g/mol. The van der Waals surface area contributed by atoms with Gasteiger partial charge in [-0.2, -0.15) is 0 Å². The first-order valence-electron chi connectivity index (χ1n) is 7.27. The molecule has 0 bridgehead atoms. The van der Waals surface area contributed by atoms with Crippen LogP contribution in [0.3, 0.4) is 0 Å². The van der Waals surface area contributed by atoms with Crippen molar-refractivity contribution in [3.05, 3.63) is 35.4 Å². The van der Waals surface area contributed by atoms with Gasteiger partial charge in [-0.15, -0.1) is 0 Å². The molecule has 0 saturated heterocycles. The minimum absolute atomic E-state index is 0.447. The number of hydrogen-bond acceptors (Lipinski definition) is 1. The minimum Gasteiger partial charge on any atom is -0.298 e. The number of hydrogen-bond donors (Lipinski definition) is 0. The van der Waals surface area contributed by atoms with Crippen molar-refractivity contribution in [2.75, 3.05) is 6.54 Å². The van der Waals surface area contributed by atoms with Crippen LogP contribution in [0.5, 0.6) is 0 Å². The van der Waals surface area contributed by atoms with Gasteiger partial charge in [0.15, 0.2) is 0 Å². The molecule has 2 rings (SSSR count). The molecule has 0 aliphatic heterocycles. The number of nitrogens with zero attached hydrogens (tertiary/aromatic N) is 1. The maximum Gasteiger partial charge on any atom is 0.00840 e. The third kappa shape index (κ3) is 2.77. The van der Waals surface area contributed by atoms with Crippen LogP contribution in [-0.2, 0) is 5.41 Å². The molecule has 1 nitrogen and oxygen atoms in total. The molecule has 0 unspecified atom stereocenters. The van der Waals surface area contributed by atoms with E-state index in [4.69, 9.17) is 0 Å². The first-order chi connectivity index (χ1) is 8.44. The van der Waals surface area contributed by atoms with Gasteiger partial charge in [-0.1, -0.05) is 29.8 Å². The SMILES string of the molecule is Cc1ccc(C2(CN(C(C)C)C(C)C)CC2)cc1. The molecule has 0 amide bonds. The van der Waals surface area contributed by atoms with Gasteiger partial charge < -0.3 is 0 Å². The fourth-order valence-corrected chi connectivity index (χ4v) is 2.91. The highest BCUT2D eigenvalue weighted by Gasteiger charge is 2.45. The summed E-state index contributed by atoms with van der Waals surface area (Å²) in [4.78, 5) is 2.63. The lowest BCUT2D eigenvalue weighted by atomic mass is 9.93. The predicted octanol–water partition coefficient (Wildman–Crippen LogP) is 4.15. The van der Waals surface area contributed by atoms with Crippen LogP contribution in [0, 0.1) is 6.92 Å². The summed E-state index contributed by atoms with van der Waals surface area (Å²) in [5, 5.41) is 0. The van der Waals surface area contributed by atoms with Gasteiger partial charge in [0.05, 0.1) is 0 Å². The second kappa shape index (κ2) is 5.05. The third-order valence-corrected chi connectivity index (χ3v) is 4.33. The average Bonchev–Trinajstić information content (AvgIpc) is 3.07. The molecule has 1 aliphatic rings. The van der Waals surface area contributed by atoms with E-state index in [1.807, 2.05) is 0 Å². The first kappa shape index (κ1) is 13.6. The topological polar surface area (TPSA) is 3.24 Å². The zero-order valence-electron chi connectivity index (χ0n) is 12.5. The second-order valence-corrected chi connectivity index (χ2v) is 6.51. The molecule has 0 heterocycles. The Hall–Kier alpha value is -0.820. The molecular formula is C17H27N. The molecule has 1 saturated carbocycles. The molecule has 1 heteroatoms. The van der Waals surface area contributed by atoms with Crippen LogP contribution < -0.4 is 0 Å². The lowest BCUT2D eigenvalue weighted by molar-refractivity contribution is 0.158. The molecular weight excluding hydrogens is 218 g/mol. The van der Waals surface area contributed by atoms with Crippen molar-refractivity contribution >= 4 is 0 Å². The van der Waals surface area contributed by atoms with E-state index in [1.165, 1.54) is 24.9 Å². The van der Waals surface area contributed by atoms with Gasteiger partial charge in [0.1, 0.15) is 0 Å². The maximum atomic E-state index is 2.63. The Labute approximate surface area is 112 Å². The van der Waals surface area contributed by atoms with E-state index < -0.39 is 0 Å². The first-order valence-corrected chi connectivity index (χ1v) is 7.27. The lowest BCUT2D eigenvalue weighted by Gasteiger charge is -2.34. The van der Waals surface area contributed by atoms with Crippen molar-refractivity contribution in [3.8, 4) is 0 Å². The van der Waals surface area contributed by atoms with Gasteiger partial charge >= 0.3 is 0 Å². The zero-order valence-corrected chi connectivity index (χ0v) is 12.5. The lowest BCUT2D eigenvalue weighted by Crippen LogP contribution is -2.42. The largest absolute Gasteiger partial charge is 0.298 e. The van der Waals surface area contributed by atoms with Crippen LogP contribution in [0.2, 0.25) is 0 Å². The fourth-order valence-electron chi connectivity index (χ4n) is 2.91. The third-order valence-electron chi connectivity index (χ3n) is 4.33. The number of benzene rings is 1. The molecule has 0 spiro atoms. The van der Waals surface area contributed by atoms with E-state index in [2.05, 4.69) is 63.8 Å². The Bertz CT molecular complexity index is 377. The van der Waals surface area contributed by atoms with Crippen molar-refractivity contribution in [3.63, 3.8) is 0 Å². The van der Waals surface area contributed by atoms with E-state index in [9.17, 15) is 0 Å². The molecule has 1 aromatic rings. The number of aryl methyl sites for hydroxylation is 1. The van der Waals surface area contributed by atoms with Gasteiger partial charge in [0.25, 0.3) is 0 Å². The molecule has 0 aromatic heterocycles. The van der Waals surface area contributed by atoms with Gasteiger partial charge in [-0.05, 0) is 53.0 Å².